The molecule has 100 valence electrons. The van der Waals surface area contributed by atoms with Crippen LogP contribution in [0.25, 0.3) is 5.69 Å². The van der Waals surface area contributed by atoms with E-state index in [-0.39, 0.29) is 5.92 Å². The van der Waals surface area contributed by atoms with Gasteiger partial charge in [-0.15, -0.1) is 0 Å². The van der Waals surface area contributed by atoms with Gasteiger partial charge in [0.25, 0.3) is 0 Å². The van der Waals surface area contributed by atoms with Gasteiger partial charge in [-0.05, 0) is 30.2 Å². The summed E-state index contributed by atoms with van der Waals surface area (Å²) >= 11 is 0. The van der Waals surface area contributed by atoms with Crippen molar-refractivity contribution in [2.45, 2.75) is 18.4 Å². The number of imidazole rings is 1. The van der Waals surface area contributed by atoms with E-state index in [1.54, 1.807) is 12.3 Å². The fourth-order valence-electron chi connectivity index (χ4n) is 2.99. The minimum absolute atomic E-state index is 0.147. The number of rotatable bonds is 3. The fraction of sp³-hybridized carbons (Fsp3) is 0.188. The predicted octanol–water partition coefficient (Wildman–Crippen LogP) is 3.03. The van der Waals surface area contributed by atoms with E-state index in [1.165, 1.54) is 5.56 Å². The largest absolute Gasteiger partial charge is 0.467 e. The SMILES string of the molecule is OC(CC1c2ccccc2-n2cncc21)c1ccco1. The second-order valence-electron chi connectivity index (χ2n) is 5.07. The smallest absolute Gasteiger partial charge is 0.132 e. The number of aliphatic hydroxyl groups is 1. The molecule has 0 bridgehead atoms. The molecule has 1 N–H and O–H groups in total. The molecule has 3 aromatic rings. The highest BCUT2D eigenvalue weighted by Gasteiger charge is 2.31. The van der Waals surface area contributed by atoms with Crippen molar-refractivity contribution in [1.82, 2.24) is 9.55 Å². The third-order valence-electron chi connectivity index (χ3n) is 3.93. The Balaban J connectivity index is 1.72. The molecule has 1 aliphatic heterocycles. The third kappa shape index (κ3) is 1.62. The van der Waals surface area contributed by atoms with Crippen LogP contribution >= 0.6 is 0 Å². The number of aliphatic hydroxyl groups excluding tert-OH is 1. The van der Waals surface area contributed by atoms with Gasteiger partial charge in [0.05, 0.1) is 24.0 Å². The van der Waals surface area contributed by atoms with Crippen molar-refractivity contribution in [2.75, 3.05) is 0 Å². The summed E-state index contributed by atoms with van der Waals surface area (Å²) in [5.41, 5.74) is 3.50. The van der Waals surface area contributed by atoms with Gasteiger partial charge in [0.1, 0.15) is 11.9 Å². The maximum Gasteiger partial charge on any atom is 0.132 e. The van der Waals surface area contributed by atoms with Crippen LogP contribution in [0.2, 0.25) is 0 Å². The molecule has 0 aliphatic carbocycles. The number of benzene rings is 1. The average molecular weight is 266 g/mol. The molecule has 20 heavy (non-hydrogen) atoms. The van der Waals surface area contributed by atoms with Crippen LogP contribution in [0.15, 0.2) is 59.6 Å². The van der Waals surface area contributed by atoms with E-state index in [1.807, 2.05) is 30.7 Å². The Labute approximate surface area is 116 Å². The fourth-order valence-corrected chi connectivity index (χ4v) is 2.99. The summed E-state index contributed by atoms with van der Waals surface area (Å²) in [6, 6.07) is 11.9. The van der Waals surface area contributed by atoms with E-state index < -0.39 is 6.10 Å². The summed E-state index contributed by atoms with van der Waals surface area (Å²) in [4.78, 5) is 4.22. The van der Waals surface area contributed by atoms with Crippen molar-refractivity contribution in [1.29, 1.82) is 0 Å². The molecule has 0 radical (unpaired) electrons. The molecule has 1 aliphatic rings. The molecule has 0 amide bonds. The number of fused-ring (bicyclic) bond motifs is 3. The van der Waals surface area contributed by atoms with Gasteiger partial charge in [-0.3, -0.25) is 0 Å². The Hall–Kier alpha value is -2.33. The van der Waals surface area contributed by atoms with E-state index in [2.05, 4.69) is 21.7 Å². The van der Waals surface area contributed by atoms with Crippen LogP contribution in [-0.4, -0.2) is 14.7 Å². The van der Waals surface area contributed by atoms with E-state index in [0.29, 0.717) is 12.2 Å². The number of aromatic nitrogens is 2. The molecule has 2 unspecified atom stereocenters. The molecule has 0 spiro atoms. The van der Waals surface area contributed by atoms with Gasteiger partial charge in [-0.1, -0.05) is 18.2 Å². The van der Waals surface area contributed by atoms with E-state index in [4.69, 9.17) is 4.42 Å². The highest BCUT2D eigenvalue weighted by Crippen LogP contribution is 2.42. The van der Waals surface area contributed by atoms with Gasteiger partial charge >= 0.3 is 0 Å². The Morgan fingerprint density at radius 2 is 2.15 bits per heavy atom. The number of nitrogens with zero attached hydrogens (tertiary/aromatic N) is 2. The van der Waals surface area contributed by atoms with Crippen molar-refractivity contribution < 1.29 is 9.52 Å². The normalized spacial score (nSPS) is 17.8. The lowest BCUT2D eigenvalue weighted by molar-refractivity contribution is 0.135. The zero-order valence-electron chi connectivity index (χ0n) is 10.8. The number of para-hydroxylation sites is 1. The van der Waals surface area contributed by atoms with E-state index >= 15 is 0 Å². The van der Waals surface area contributed by atoms with Gasteiger partial charge in [0.2, 0.25) is 0 Å². The van der Waals surface area contributed by atoms with Crippen LogP contribution in [0.5, 0.6) is 0 Å². The van der Waals surface area contributed by atoms with Gasteiger partial charge in [-0.25, -0.2) is 4.98 Å². The Kier molecular flexibility index (Phi) is 2.50. The topological polar surface area (TPSA) is 51.2 Å². The van der Waals surface area contributed by atoms with Crippen LogP contribution in [-0.2, 0) is 0 Å². The number of hydrogen-bond donors (Lipinski definition) is 1. The lowest BCUT2D eigenvalue weighted by atomic mass is 9.91. The van der Waals surface area contributed by atoms with Gasteiger partial charge in [0, 0.05) is 12.1 Å². The summed E-state index contributed by atoms with van der Waals surface area (Å²) in [6.45, 7) is 0. The standard InChI is InChI=1S/C16H14N2O2/c19-15(16-6-3-7-20-16)8-12-11-4-1-2-5-13(11)18-10-17-9-14(12)18/h1-7,9-10,12,15,19H,8H2. The zero-order valence-corrected chi connectivity index (χ0v) is 10.8. The first kappa shape index (κ1) is 11.5. The average Bonchev–Trinajstić information content (AvgIpc) is 3.17. The quantitative estimate of drug-likeness (QED) is 0.792. The molecular formula is C16H14N2O2. The lowest BCUT2D eigenvalue weighted by Crippen LogP contribution is -2.05. The second-order valence-corrected chi connectivity index (χ2v) is 5.07. The predicted molar refractivity (Wildman–Crippen MR) is 73.7 cm³/mol. The molecule has 3 heterocycles. The molecule has 0 saturated heterocycles. The lowest BCUT2D eigenvalue weighted by Gasteiger charge is -2.14. The first-order chi connectivity index (χ1) is 9.84. The summed E-state index contributed by atoms with van der Waals surface area (Å²) in [5, 5.41) is 10.3. The monoisotopic (exact) mass is 266 g/mol. The maximum absolute atomic E-state index is 10.3. The Morgan fingerprint density at radius 3 is 3.00 bits per heavy atom. The molecule has 1 aromatic carbocycles. The van der Waals surface area contributed by atoms with Crippen molar-refractivity contribution in [3.8, 4) is 5.69 Å². The number of hydrogen-bond acceptors (Lipinski definition) is 3. The minimum atomic E-state index is -0.607. The highest BCUT2D eigenvalue weighted by molar-refractivity contribution is 5.53. The van der Waals surface area contributed by atoms with Gasteiger partial charge < -0.3 is 14.1 Å². The van der Waals surface area contributed by atoms with Crippen molar-refractivity contribution in [3.63, 3.8) is 0 Å². The van der Waals surface area contributed by atoms with Crippen molar-refractivity contribution >= 4 is 0 Å². The zero-order chi connectivity index (χ0) is 13.5. The van der Waals surface area contributed by atoms with Crippen LogP contribution in [0.4, 0.5) is 0 Å². The maximum atomic E-state index is 10.3. The van der Waals surface area contributed by atoms with Gasteiger partial charge in [-0.2, -0.15) is 0 Å². The van der Waals surface area contributed by atoms with E-state index in [0.717, 1.165) is 11.4 Å². The third-order valence-corrected chi connectivity index (χ3v) is 3.93. The van der Waals surface area contributed by atoms with Crippen LogP contribution in [0.1, 0.15) is 35.5 Å². The highest BCUT2D eigenvalue weighted by atomic mass is 16.4. The second kappa shape index (κ2) is 4.35. The molecule has 4 nitrogen and oxygen atoms in total. The molecule has 4 rings (SSSR count). The van der Waals surface area contributed by atoms with E-state index in [9.17, 15) is 5.11 Å². The molecule has 2 atom stereocenters. The first-order valence-corrected chi connectivity index (χ1v) is 6.67. The van der Waals surface area contributed by atoms with Gasteiger partial charge in [0.15, 0.2) is 0 Å². The molecular weight excluding hydrogens is 252 g/mol. The summed E-state index contributed by atoms with van der Waals surface area (Å²) in [5.74, 6) is 0.759. The van der Waals surface area contributed by atoms with Crippen molar-refractivity contribution in [3.05, 3.63) is 72.2 Å². The Bertz CT molecular complexity index is 731. The molecule has 0 fully saturated rings. The molecule has 2 aromatic heterocycles. The first-order valence-electron chi connectivity index (χ1n) is 6.67. The van der Waals surface area contributed by atoms with Crippen LogP contribution < -0.4 is 0 Å². The summed E-state index contributed by atoms with van der Waals surface area (Å²) in [6.07, 6.45) is 5.28. The van der Waals surface area contributed by atoms with Crippen molar-refractivity contribution in [2.24, 2.45) is 0 Å². The molecule has 0 saturated carbocycles. The molecule has 4 heteroatoms. The summed E-state index contributed by atoms with van der Waals surface area (Å²) < 4.78 is 7.38. The van der Waals surface area contributed by atoms with Crippen LogP contribution in [0.3, 0.4) is 0 Å². The Morgan fingerprint density at radius 1 is 1.25 bits per heavy atom. The number of furan rings is 1. The summed E-state index contributed by atoms with van der Waals surface area (Å²) in [7, 11) is 0. The minimum Gasteiger partial charge on any atom is -0.467 e. The van der Waals surface area contributed by atoms with Crippen LogP contribution in [0, 0.1) is 0 Å².